The summed E-state index contributed by atoms with van der Waals surface area (Å²) in [5, 5.41) is 0. The summed E-state index contributed by atoms with van der Waals surface area (Å²) in [5.41, 5.74) is 1.79. The van der Waals surface area contributed by atoms with Gasteiger partial charge in [0.2, 0.25) is 0 Å². The number of Topliss-reactive ketones (excluding diaryl/α,β-unsaturated/α-hetero) is 1. The van der Waals surface area contributed by atoms with Crippen molar-refractivity contribution in [1.82, 2.24) is 0 Å². The van der Waals surface area contributed by atoms with Crippen LogP contribution in [-0.4, -0.2) is 20.0 Å². The molecule has 1 aliphatic rings. The fraction of sp³-hybridized carbons (Fsp3) is 0.438. The highest BCUT2D eigenvalue weighted by atomic mass is 16.5. The minimum atomic E-state index is 0.0717. The fourth-order valence-corrected chi connectivity index (χ4v) is 2.49. The van der Waals surface area contributed by atoms with Crippen molar-refractivity contribution < 1.29 is 14.3 Å². The number of allylic oxidation sites excluding steroid dienone is 2. The van der Waals surface area contributed by atoms with Gasteiger partial charge in [0.15, 0.2) is 5.78 Å². The van der Waals surface area contributed by atoms with Crippen LogP contribution in [-0.2, 0) is 0 Å². The Morgan fingerprint density at radius 1 is 1.16 bits per heavy atom. The summed E-state index contributed by atoms with van der Waals surface area (Å²) in [7, 11) is 3.15. The molecule has 0 saturated heterocycles. The number of carbonyl (C=O) groups excluding carboxylic acids is 1. The van der Waals surface area contributed by atoms with E-state index in [9.17, 15) is 4.79 Å². The molecule has 102 valence electrons. The molecule has 0 unspecified atom stereocenters. The maximum Gasteiger partial charge on any atom is 0.174 e. The molecule has 3 heteroatoms. The molecule has 1 aliphatic carbocycles. The minimum Gasteiger partial charge on any atom is -0.496 e. The van der Waals surface area contributed by atoms with Crippen LogP contribution >= 0.6 is 0 Å². The Hall–Kier alpha value is -1.77. The zero-order valence-corrected chi connectivity index (χ0v) is 11.6. The Morgan fingerprint density at radius 3 is 2.37 bits per heavy atom. The molecule has 1 aromatic rings. The second-order valence-electron chi connectivity index (χ2n) is 4.75. The van der Waals surface area contributed by atoms with E-state index in [2.05, 4.69) is 6.08 Å². The molecule has 0 heterocycles. The molecule has 1 aromatic carbocycles. The summed E-state index contributed by atoms with van der Waals surface area (Å²) in [6.07, 6.45) is 7.20. The molecule has 0 amide bonds. The van der Waals surface area contributed by atoms with Gasteiger partial charge in [-0.2, -0.15) is 0 Å². The lowest BCUT2D eigenvalue weighted by molar-refractivity contribution is 0.0985. The zero-order valence-electron chi connectivity index (χ0n) is 11.6. The lowest BCUT2D eigenvalue weighted by Crippen LogP contribution is -2.07. The van der Waals surface area contributed by atoms with Gasteiger partial charge < -0.3 is 9.47 Å². The molecule has 0 spiro atoms. The summed E-state index contributed by atoms with van der Waals surface area (Å²) in [4.78, 5) is 12.5. The van der Waals surface area contributed by atoms with Crippen LogP contribution in [0.15, 0.2) is 29.8 Å². The molecule has 0 fully saturated rings. The number of ether oxygens (including phenoxy) is 2. The maximum atomic E-state index is 12.5. The van der Waals surface area contributed by atoms with E-state index in [0.717, 1.165) is 12.8 Å². The van der Waals surface area contributed by atoms with Gasteiger partial charge in [0.1, 0.15) is 17.1 Å². The topological polar surface area (TPSA) is 35.5 Å². The number of hydrogen-bond donors (Lipinski definition) is 0. The second-order valence-corrected chi connectivity index (χ2v) is 4.75. The lowest BCUT2D eigenvalue weighted by atomic mass is 9.93. The third-order valence-corrected chi connectivity index (χ3v) is 3.48. The van der Waals surface area contributed by atoms with Crippen molar-refractivity contribution in [2.75, 3.05) is 14.2 Å². The Kier molecular flexibility index (Phi) is 4.61. The van der Waals surface area contributed by atoms with Crippen molar-refractivity contribution in [2.24, 2.45) is 0 Å². The van der Waals surface area contributed by atoms with Crippen molar-refractivity contribution in [3.63, 3.8) is 0 Å². The van der Waals surface area contributed by atoms with Crippen molar-refractivity contribution in [2.45, 2.75) is 32.1 Å². The van der Waals surface area contributed by atoms with Crippen LogP contribution in [0.3, 0.4) is 0 Å². The van der Waals surface area contributed by atoms with Crippen LogP contribution in [0, 0.1) is 0 Å². The molecule has 0 bridgehead atoms. The maximum absolute atomic E-state index is 12.5. The number of hydrogen-bond acceptors (Lipinski definition) is 3. The van der Waals surface area contributed by atoms with E-state index in [0.29, 0.717) is 23.5 Å². The molecule has 0 aromatic heterocycles. The van der Waals surface area contributed by atoms with Crippen molar-refractivity contribution in [3.05, 3.63) is 35.4 Å². The van der Waals surface area contributed by atoms with Crippen molar-refractivity contribution in [3.8, 4) is 11.5 Å². The largest absolute Gasteiger partial charge is 0.496 e. The first-order valence-electron chi connectivity index (χ1n) is 6.68. The molecule has 19 heavy (non-hydrogen) atoms. The highest BCUT2D eigenvalue weighted by Crippen LogP contribution is 2.31. The fourth-order valence-electron chi connectivity index (χ4n) is 2.49. The molecular weight excluding hydrogens is 240 g/mol. The van der Waals surface area contributed by atoms with E-state index in [1.165, 1.54) is 18.4 Å². The summed E-state index contributed by atoms with van der Waals surface area (Å²) < 4.78 is 10.6. The van der Waals surface area contributed by atoms with Gasteiger partial charge in [-0.05, 0) is 37.8 Å². The normalized spacial score (nSPS) is 14.7. The van der Waals surface area contributed by atoms with Gasteiger partial charge in [0.05, 0.1) is 14.2 Å². The highest BCUT2D eigenvalue weighted by molar-refractivity contribution is 6.02. The Labute approximate surface area is 114 Å². The van der Waals surface area contributed by atoms with Crippen LogP contribution in [0.2, 0.25) is 0 Å². The minimum absolute atomic E-state index is 0.0717. The van der Waals surface area contributed by atoms with Gasteiger partial charge in [-0.3, -0.25) is 4.79 Å². The summed E-state index contributed by atoms with van der Waals surface area (Å²) in [6.45, 7) is 0. The molecule has 0 atom stereocenters. The van der Waals surface area contributed by atoms with Gasteiger partial charge in [-0.15, -0.1) is 0 Å². The van der Waals surface area contributed by atoms with Crippen molar-refractivity contribution in [1.29, 1.82) is 0 Å². The molecule has 2 rings (SSSR count). The van der Waals surface area contributed by atoms with Crippen LogP contribution < -0.4 is 9.47 Å². The molecule has 0 aliphatic heterocycles. The van der Waals surface area contributed by atoms with Crippen LogP contribution in [0.25, 0.3) is 0 Å². The standard InChI is InChI=1S/C16H20O3/c1-18-14-9-6-10-15(19-2)16(14)13(17)11-12-7-4-3-5-8-12/h6-7,9-10H,3-5,8,11H2,1-2H3. The Bertz CT molecular complexity index is 467. The summed E-state index contributed by atoms with van der Waals surface area (Å²) >= 11 is 0. The van der Waals surface area contributed by atoms with Gasteiger partial charge in [-0.25, -0.2) is 0 Å². The summed E-state index contributed by atoms with van der Waals surface area (Å²) in [5.74, 6) is 1.24. The molecule has 0 radical (unpaired) electrons. The van der Waals surface area contributed by atoms with Gasteiger partial charge in [0.25, 0.3) is 0 Å². The van der Waals surface area contributed by atoms with E-state index in [1.807, 2.05) is 6.07 Å². The smallest absolute Gasteiger partial charge is 0.174 e. The van der Waals surface area contributed by atoms with Gasteiger partial charge in [-0.1, -0.05) is 17.7 Å². The van der Waals surface area contributed by atoms with Crippen LogP contribution in [0.1, 0.15) is 42.5 Å². The zero-order chi connectivity index (χ0) is 13.7. The van der Waals surface area contributed by atoms with E-state index in [4.69, 9.17) is 9.47 Å². The third-order valence-electron chi connectivity index (χ3n) is 3.48. The molecule has 0 saturated carbocycles. The SMILES string of the molecule is COc1cccc(OC)c1C(=O)CC1=CCCCC1. The quantitative estimate of drug-likeness (QED) is 0.597. The third kappa shape index (κ3) is 3.16. The number of ketones is 1. The average Bonchev–Trinajstić information content (AvgIpc) is 2.47. The van der Waals surface area contributed by atoms with Crippen LogP contribution in [0.5, 0.6) is 11.5 Å². The van der Waals surface area contributed by atoms with E-state index in [1.54, 1.807) is 26.4 Å². The first kappa shape index (κ1) is 13.7. The molecular formula is C16H20O3. The monoisotopic (exact) mass is 260 g/mol. The summed E-state index contributed by atoms with van der Waals surface area (Å²) in [6, 6.07) is 5.42. The predicted octanol–water partition coefficient (Wildman–Crippen LogP) is 3.78. The van der Waals surface area contributed by atoms with E-state index >= 15 is 0 Å². The van der Waals surface area contributed by atoms with Crippen molar-refractivity contribution >= 4 is 5.78 Å². The van der Waals surface area contributed by atoms with E-state index < -0.39 is 0 Å². The van der Waals surface area contributed by atoms with Gasteiger partial charge >= 0.3 is 0 Å². The van der Waals surface area contributed by atoms with E-state index in [-0.39, 0.29) is 5.78 Å². The first-order valence-corrected chi connectivity index (χ1v) is 6.68. The molecule has 3 nitrogen and oxygen atoms in total. The highest BCUT2D eigenvalue weighted by Gasteiger charge is 2.19. The Balaban J connectivity index is 2.24. The average molecular weight is 260 g/mol. The number of benzene rings is 1. The number of carbonyl (C=O) groups is 1. The molecule has 0 N–H and O–H groups in total. The predicted molar refractivity (Wildman–Crippen MR) is 75.0 cm³/mol. The number of methoxy groups -OCH3 is 2. The Morgan fingerprint density at radius 2 is 1.84 bits per heavy atom. The first-order chi connectivity index (χ1) is 9.26. The second kappa shape index (κ2) is 6.41. The van der Waals surface area contributed by atoms with Gasteiger partial charge in [0, 0.05) is 6.42 Å². The lowest BCUT2D eigenvalue weighted by Gasteiger charge is -2.15. The van der Waals surface area contributed by atoms with Crippen LogP contribution in [0.4, 0.5) is 0 Å². The number of rotatable bonds is 5.